The molecule has 0 aliphatic rings. The minimum Gasteiger partial charge on any atom is -0.301 e. The van der Waals surface area contributed by atoms with E-state index >= 15 is 0 Å². The summed E-state index contributed by atoms with van der Waals surface area (Å²) in [7, 11) is -3.70. The van der Waals surface area contributed by atoms with Gasteiger partial charge in [-0.15, -0.1) is 10.2 Å². The van der Waals surface area contributed by atoms with E-state index in [4.69, 9.17) is 11.6 Å². The minimum absolute atomic E-state index is 0.158. The quantitative estimate of drug-likeness (QED) is 0.534. The van der Waals surface area contributed by atoms with Crippen LogP contribution in [-0.4, -0.2) is 31.1 Å². The number of hydrogen-bond acceptors (Lipinski definition) is 6. The van der Waals surface area contributed by atoms with Crippen molar-refractivity contribution in [1.29, 1.82) is 0 Å². The fourth-order valence-corrected chi connectivity index (χ4v) is 4.08. The van der Waals surface area contributed by atoms with Crippen molar-refractivity contribution in [2.24, 2.45) is 0 Å². The molecule has 2 N–H and O–H groups in total. The molecule has 24 heavy (non-hydrogen) atoms. The lowest BCUT2D eigenvalue weighted by Crippen LogP contribution is -2.24. The van der Waals surface area contributed by atoms with Gasteiger partial charge in [0, 0.05) is 18.5 Å². The lowest BCUT2D eigenvalue weighted by Gasteiger charge is -2.04. The molecule has 0 radical (unpaired) electrons. The highest BCUT2D eigenvalue weighted by atomic mass is 35.5. The Labute approximate surface area is 149 Å². The first-order valence-corrected chi connectivity index (χ1v) is 9.90. The molecule has 1 aromatic heterocycles. The average molecular weight is 389 g/mol. The number of nitrogens with one attached hydrogen (secondary N) is 2. The molecule has 0 saturated heterocycles. The van der Waals surface area contributed by atoms with E-state index in [2.05, 4.69) is 20.2 Å². The maximum atomic E-state index is 12.1. The number of rotatable bonds is 8. The van der Waals surface area contributed by atoms with Gasteiger partial charge < -0.3 is 5.32 Å². The molecule has 2 aromatic rings. The molecule has 0 spiro atoms. The van der Waals surface area contributed by atoms with Crippen molar-refractivity contribution in [2.45, 2.75) is 30.5 Å². The molecule has 7 nitrogen and oxygen atoms in total. The lowest BCUT2D eigenvalue weighted by atomic mass is 10.1. The van der Waals surface area contributed by atoms with Crippen molar-refractivity contribution in [2.75, 3.05) is 11.9 Å². The molecule has 0 fully saturated rings. The van der Waals surface area contributed by atoms with Gasteiger partial charge >= 0.3 is 0 Å². The molecule has 2 rings (SSSR count). The second-order valence-electron chi connectivity index (χ2n) is 5.04. The number of carbonyl (C=O) groups is 1. The van der Waals surface area contributed by atoms with Crippen LogP contribution in [0.4, 0.5) is 5.13 Å². The van der Waals surface area contributed by atoms with E-state index in [0.29, 0.717) is 18.0 Å². The van der Waals surface area contributed by atoms with Crippen LogP contribution in [0.3, 0.4) is 0 Å². The van der Waals surface area contributed by atoms with Crippen molar-refractivity contribution >= 4 is 44.0 Å². The largest absolute Gasteiger partial charge is 0.301 e. The molecular weight excluding hydrogens is 372 g/mol. The number of unbranched alkanes of at least 4 members (excludes halogenated alkanes) is 1. The molecule has 1 aromatic carbocycles. The van der Waals surface area contributed by atoms with E-state index in [-0.39, 0.29) is 15.4 Å². The number of carbonyl (C=O) groups excluding carboxylic acids is 1. The monoisotopic (exact) mass is 388 g/mol. The van der Waals surface area contributed by atoms with E-state index in [0.717, 1.165) is 29.7 Å². The normalized spacial score (nSPS) is 11.4. The number of benzene rings is 1. The summed E-state index contributed by atoms with van der Waals surface area (Å²) in [6.45, 7) is 1.62. The van der Waals surface area contributed by atoms with Crippen molar-refractivity contribution < 1.29 is 13.2 Å². The number of amides is 1. The molecule has 1 amide bonds. The van der Waals surface area contributed by atoms with Gasteiger partial charge in [-0.05, 0) is 37.0 Å². The molecule has 0 saturated carbocycles. The highest BCUT2D eigenvalue weighted by molar-refractivity contribution is 7.91. The standard InChI is InChI=1S/C14H17ClN4O3S2/c1-10(20)17-13-18-19-14(23-13)24(21,22)16-9-3-2-4-11-5-7-12(15)8-6-11/h5-8,16H,2-4,9H2,1H3,(H,17,18,20). The molecule has 0 bridgehead atoms. The maximum absolute atomic E-state index is 12.1. The Balaban J connectivity index is 1.77. The number of nitrogens with zero attached hydrogens (tertiary/aromatic N) is 2. The molecule has 130 valence electrons. The fraction of sp³-hybridized carbons (Fsp3) is 0.357. The first kappa shape index (κ1) is 18.8. The van der Waals surface area contributed by atoms with E-state index in [1.807, 2.05) is 24.3 Å². The predicted molar refractivity (Wildman–Crippen MR) is 93.8 cm³/mol. The van der Waals surface area contributed by atoms with E-state index in [1.54, 1.807) is 0 Å². The summed E-state index contributed by atoms with van der Waals surface area (Å²) < 4.78 is 26.5. The van der Waals surface area contributed by atoms with Crippen LogP contribution in [0, 0.1) is 0 Å². The number of aromatic nitrogens is 2. The van der Waals surface area contributed by atoms with Crippen molar-refractivity contribution in [1.82, 2.24) is 14.9 Å². The Morgan fingerprint density at radius 1 is 1.21 bits per heavy atom. The van der Waals surface area contributed by atoms with Gasteiger partial charge in [-0.2, -0.15) is 0 Å². The van der Waals surface area contributed by atoms with Crippen LogP contribution in [0.15, 0.2) is 28.6 Å². The Bertz CT molecular complexity index is 791. The SMILES string of the molecule is CC(=O)Nc1nnc(S(=O)(=O)NCCCCc2ccc(Cl)cc2)s1. The van der Waals surface area contributed by atoms with Gasteiger partial charge in [0.25, 0.3) is 10.0 Å². The van der Waals surface area contributed by atoms with Gasteiger partial charge in [-0.25, -0.2) is 13.1 Å². The van der Waals surface area contributed by atoms with E-state index in [9.17, 15) is 13.2 Å². The topological polar surface area (TPSA) is 101 Å². The molecule has 0 aliphatic carbocycles. The summed E-state index contributed by atoms with van der Waals surface area (Å²) >= 11 is 6.64. The van der Waals surface area contributed by atoms with Gasteiger partial charge in [-0.3, -0.25) is 4.79 Å². The Morgan fingerprint density at radius 3 is 2.58 bits per heavy atom. The molecule has 0 aliphatic heterocycles. The summed E-state index contributed by atoms with van der Waals surface area (Å²) in [6.07, 6.45) is 2.39. The van der Waals surface area contributed by atoms with Gasteiger partial charge in [0.05, 0.1) is 0 Å². The van der Waals surface area contributed by atoms with Crippen LogP contribution in [0.2, 0.25) is 5.02 Å². The summed E-state index contributed by atoms with van der Waals surface area (Å²) in [5.74, 6) is -0.328. The van der Waals surface area contributed by atoms with E-state index < -0.39 is 10.0 Å². The summed E-state index contributed by atoms with van der Waals surface area (Å²) in [5.41, 5.74) is 1.16. The second kappa shape index (κ2) is 8.52. The number of sulfonamides is 1. The third-order valence-electron chi connectivity index (χ3n) is 3.02. The van der Waals surface area contributed by atoms with Crippen molar-refractivity contribution in [3.8, 4) is 0 Å². The number of hydrogen-bond donors (Lipinski definition) is 2. The minimum atomic E-state index is -3.70. The van der Waals surface area contributed by atoms with Crippen LogP contribution >= 0.6 is 22.9 Å². The Kier molecular flexibility index (Phi) is 6.67. The third kappa shape index (κ3) is 5.82. The highest BCUT2D eigenvalue weighted by Crippen LogP contribution is 2.19. The van der Waals surface area contributed by atoms with E-state index in [1.165, 1.54) is 6.92 Å². The number of aryl methyl sites for hydroxylation is 1. The Morgan fingerprint density at radius 2 is 1.92 bits per heavy atom. The van der Waals surface area contributed by atoms with Gasteiger partial charge in [-0.1, -0.05) is 35.1 Å². The predicted octanol–water partition coefficient (Wildman–Crippen LogP) is 2.45. The van der Waals surface area contributed by atoms with Gasteiger partial charge in [0.2, 0.25) is 15.4 Å². The molecular formula is C14H17ClN4O3S2. The molecule has 1 heterocycles. The lowest BCUT2D eigenvalue weighted by molar-refractivity contribution is -0.114. The zero-order chi connectivity index (χ0) is 17.6. The second-order valence-corrected chi connectivity index (χ2v) is 8.39. The van der Waals surface area contributed by atoms with Crippen molar-refractivity contribution in [3.63, 3.8) is 0 Å². The molecule has 10 heteroatoms. The van der Waals surface area contributed by atoms with Crippen LogP contribution in [0.5, 0.6) is 0 Å². The number of halogens is 1. The first-order chi connectivity index (χ1) is 11.4. The smallest absolute Gasteiger partial charge is 0.269 e. The zero-order valence-corrected chi connectivity index (χ0v) is 15.3. The zero-order valence-electron chi connectivity index (χ0n) is 13.0. The van der Waals surface area contributed by atoms with Crippen LogP contribution in [-0.2, 0) is 21.2 Å². The number of anilines is 1. The van der Waals surface area contributed by atoms with Crippen LogP contribution in [0.25, 0.3) is 0 Å². The fourth-order valence-electron chi connectivity index (χ4n) is 1.89. The Hall–Kier alpha value is -1.55. The molecule has 0 unspecified atom stereocenters. The average Bonchev–Trinajstić information content (AvgIpc) is 2.97. The summed E-state index contributed by atoms with van der Waals surface area (Å²) in [4.78, 5) is 10.9. The van der Waals surface area contributed by atoms with Gasteiger partial charge in [0.1, 0.15) is 0 Å². The summed E-state index contributed by atoms with van der Waals surface area (Å²) in [6, 6.07) is 7.58. The maximum Gasteiger partial charge on any atom is 0.269 e. The van der Waals surface area contributed by atoms with Crippen LogP contribution in [0.1, 0.15) is 25.3 Å². The van der Waals surface area contributed by atoms with Crippen LogP contribution < -0.4 is 10.0 Å². The highest BCUT2D eigenvalue weighted by Gasteiger charge is 2.19. The van der Waals surface area contributed by atoms with Gasteiger partial charge in [0.15, 0.2) is 0 Å². The third-order valence-corrected chi connectivity index (χ3v) is 5.94. The first-order valence-electron chi connectivity index (χ1n) is 7.22. The molecule has 0 atom stereocenters. The van der Waals surface area contributed by atoms with Crippen molar-refractivity contribution in [3.05, 3.63) is 34.9 Å². The summed E-state index contributed by atoms with van der Waals surface area (Å²) in [5, 5.41) is 10.5.